The Balaban J connectivity index is 2.65. The second kappa shape index (κ2) is 4.68. The standard InChI is InChI=1S/C15H16FN/c1-10-5-3-4-6-13(10)15-9-12(16)7-8-14(15)11(2)17/h3-9,11H,17H2,1-2H3. The molecule has 0 saturated heterocycles. The zero-order valence-electron chi connectivity index (χ0n) is 10.1. The van der Waals surface area contributed by atoms with Crippen LogP contribution >= 0.6 is 0 Å². The molecule has 0 amide bonds. The number of benzene rings is 2. The highest BCUT2D eigenvalue weighted by Gasteiger charge is 2.11. The molecule has 0 heterocycles. The van der Waals surface area contributed by atoms with Gasteiger partial charge >= 0.3 is 0 Å². The van der Waals surface area contributed by atoms with E-state index in [-0.39, 0.29) is 11.9 Å². The van der Waals surface area contributed by atoms with Crippen molar-refractivity contribution in [1.29, 1.82) is 0 Å². The number of nitrogens with two attached hydrogens (primary N) is 1. The van der Waals surface area contributed by atoms with Crippen LogP contribution in [0.25, 0.3) is 11.1 Å². The van der Waals surface area contributed by atoms with Crippen LogP contribution in [0.5, 0.6) is 0 Å². The summed E-state index contributed by atoms with van der Waals surface area (Å²) in [6, 6.07) is 12.6. The summed E-state index contributed by atoms with van der Waals surface area (Å²) in [5.74, 6) is -0.229. The third-order valence-electron chi connectivity index (χ3n) is 2.94. The molecule has 2 heteroatoms. The molecule has 2 rings (SSSR count). The normalized spacial score (nSPS) is 12.5. The molecule has 88 valence electrons. The molecule has 0 spiro atoms. The van der Waals surface area contributed by atoms with Crippen LogP contribution < -0.4 is 5.73 Å². The molecule has 2 N–H and O–H groups in total. The van der Waals surface area contributed by atoms with E-state index in [0.29, 0.717) is 0 Å². The molecule has 1 nitrogen and oxygen atoms in total. The smallest absolute Gasteiger partial charge is 0.123 e. The lowest BCUT2D eigenvalue weighted by Crippen LogP contribution is -2.07. The van der Waals surface area contributed by atoms with Crippen LogP contribution in [-0.4, -0.2) is 0 Å². The largest absolute Gasteiger partial charge is 0.324 e. The first kappa shape index (κ1) is 11.8. The van der Waals surface area contributed by atoms with E-state index in [9.17, 15) is 4.39 Å². The summed E-state index contributed by atoms with van der Waals surface area (Å²) in [7, 11) is 0. The van der Waals surface area contributed by atoms with Gasteiger partial charge in [0, 0.05) is 6.04 Å². The second-order valence-electron chi connectivity index (χ2n) is 4.34. The summed E-state index contributed by atoms with van der Waals surface area (Å²) in [6.45, 7) is 3.93. The molecule has 0 bridgehead atoms. The number of hydrogen-bond acceptors (Lipinski definition) is 1. The average Bonchev–Trinajstić information content (AvgIpc) is 2.29. The van der Waals surface area contributed by atoms with Gasteiger partial charge in [-0.1, -0.05) is 30.3 Å². The number of rotatable bonds is 2. The highest BCUT2D eigenvalue weighted by molar-refractivity contribution is 5.71. The van der Waals surface area contributed by atoms with Gasteiger partial charge in [0.1, 0.15) is 5.82 Å². The number of aryl methyl sites for hydroxylation is 1. The predicted octanol–water partition coefficient (Wildman–Crippen LogP) is 3.82. The summed E-state index contributed by atoms with van der Waals surface area (Å²) < 4.78 is 13.4. The molecule has 1 atom stereocenters. The Morgan fingerprint density at radius 3 is 2.41 bits per heavy atom. The Hall–Kier alpha value is -1.67. The fraction of sp³-hybridized carbons (Fsp3) is 0.200. The van der Waals surface area contributed by atoms with Crippen molar-refractivity contribution in [1.82, 2.24) is 0 Å². The van der Waals surface area contributed by atoms with Crippen molar-refractivity contribution < 1.29 is 4.39 Å². The van der Waals surface area contributed by atoms with Gasteiger partial charge < -0.3 is 5.73 Å². The molecule has 0 fully saturated rings. The van der Waals surface area contributed by atoms with Crippen molar-refractivity contribution in [2.75, 3.05) is 0 Å². The fourth-order valence-electron chi connectivity index (χ4n) is 2.03. The SMILES string of the molecule is Cc1ccccc1-c1cc(F)ccc1C(C)N. The third-order valence-corrected chi connectivity index (χ3v) is 2.94. The van der Waals surface area contributed by atoms with Gasteiger partial charge in [-0.3, -0.25) is 0 Å². The zero-order chi connectivity index (χ0) is 12.4. The first-order chi connectivity index (χ1) is 8.09. The monoisotopic (exact) mass is 229 g/mol. The van der Waals surface area contributed by atoms with Gasteiger partial charge in [-0.25, -0.2) is 4.39 Å². The lowest BCUT2D eigenvalue weighted by molar-refractivity contribution is 0.626. The Morgan fingerprint density at radius 2 is 1.76 bits per heavy atom. The minimum Gasteiger partial charge on any atom is -0.324 e. The van der Waals surface area contributed by atoms with E-state index in [1.165, 1.54) is 6.07 Å². The first-order valence-electron chi connectivity index (χ1n) is 5.70. The van der Waals surface area contributed by atoms with Crippen molar-refractivity contribution in [3.05, 3.63) is 59.4 Å². The highest BCUT2D eigenvalue weighted by atomic mass is 19.1. The van der Waals surface area contributed by atoms with Gasteiger partial charge in [0.15, 0.2) is 0 Å². The molecule has 0 aliphatic carbocycles. The van der Waals surface area contributed by atoms with Crippen LogP contribution in [0.1, 0.15) is 24.1 Å². The maximum atomic E-state index is 13.4. The molecule has 0 aliphatic rings. The van der Waals surface area contributed by atoms with Crippen LogP contribution in [-0.2, 0) is 0 Å². The lowest BCUT2D eigenvalue weighted by atomic mass is 9.93. The molecular weight excluding hydrogens is 213 g/mol. The van der Waals surface area contributed by atoms with Gasteiger partial charge in [-0.2, -0.15) is 0 Å². The van der Waals surface area contributed by atoms with Gasteiger partial charge in [0.25, 0.3) is 0 Å². The van der Waals surface area contributed by atoms with Crippen LogP contribution in [0.15, 0.2) is 42.5 Å². The Labute approximate surface area is 101 Å². The maximum absolute atomic E-state index is 13.4. The van der Waals surface area contributed by atoms with E-state index in [4.69, 9.17) is 5.73 Å². The molecule has 1 unspecified atom stereocenters. The molecular formula is C15H16FN. The van der Waals surface area contributed by atoms with E-state index in [1.807, 2.05) is 38.1 Å². The topological polar surface area (TPSA) is 26.0 Å². The van der Waals surface area contributed by atoms with Crippen molar-refractivity contribution in [2.45, 2.75) is 19.9 Å². The molecule has 2 aromatic carbocycles. The quantitative estimate of drug-likeness (QED) is 0.832. The first-order valence-corrected chi connectivity index (χ1v) is 5.70. The minimum atomic E-state index is -0.229. The van der Waals surface area contributed by atoms with Crippen molar-refractivity contribution in [3.8, 4) is 11.1 Å². The average molecular weight is 229 g/mol. The van der Waals surface area contributed by atoms with Crippen LogP contribution in [0.2, 0.25) is 0 Å². The Morgan fingerprint density at radius 1 is 1.06 bits per heavy atom. The maximum Gasteiger partial charge on any atom is 0.123 e. The molecule has 2 aromatic rings. The minimum absolute atomic E-state index is 0.106. The van der Waals surface area contributed by atoms with Crippen molar-refractivity contribution in [3.63, 3.8) is 0 Å². The number of halogens is 1. The van der Waals surface area contributed by atoms with Gasteiger partial charge in [-0.15, -0.1) is 0 Å². The van der Waals surface area contributed by atoms with Crippen LogP contribution in [0.4, 0.5) is 4.39 Å². The summed E-state index contributed by atoms with van der Waals surface area (Å²) >= 11 is 0. The molecule has 0 saturated carbocycles. The summed E-state index contributed by atoms with van der Waals surface area (Å²) in [5.41, 5.74) is 9.96. The second-order valence-corrected chi connectivity index (χ2v) is 4.34. The number of hydrogen-bond donors (Lipinski definition) is 1. The van der Waals surface area contributed by atoms with Crippen molar-refractivity contribution in [2.24, 2.45) is 5.73 Å². The summed E-state index contributed by atoms with van der Waals surface area (Å²) in [5, 5.41) is 0. The molecule has 0 aliphatic heterocycles. The molecule has 17 heavy (non-hydrogen) atoms. The van der Waals surface area contributed by atoms with Crippen LogP contribution in [0, 0.1) is 12.7 Å². The lowest BCUT2D eigenvalue weighted by Gasteiger charge is -2.14. The Kier molecular flexibility index (Phi) is 3.25. The van der Waals surface area contributed by atoms with Gasteiger partial charge in [0.05, 0.1) is 0 Å². The highest BCUT2D eigenvalue weighted by Crippen LogP contribution is 2.30. The predicted molar refractivity (Wildman–Crippen MR) is 69.2 cm³/mol. The van der Waals surface area contributed by atoms with E-state index < -0.39 is 0 Å². The third kappa shape index (κ3) is 2.37. The van der Waals surface area contributed by atoms with Gasteiger partial charge in [-0.05, 0) is 48.2 Å². The molecule has 0 radical (unpaired) electrons. The van der Waals surface area contributed by atoms with E-state index in [1.54, 1.807) is 12.1 Å². The van der Waals surface area contributed by atoms with E-state index >= 15 is 0 Å². The van der Waals surface area contributed by atoms with Gasteiger partial charge in [0.2, 0.25) is 0 Å². The summed E-state index contributed by atoms with van der Waals surface area (Å²) in [4.78, 5) is 0. The fourth-order valence-corrected chi connectivity index (χ4v) is 2.03. The van der Waals surface area contributed by atoms with E-state index in [0.717, 1.165) is 22.3 Å². The van der Waals surface area contributed by atoms with Crippen molar-refractivity contribution >= 4 is 0 Å². The van der Waals surface area contributed by atoms with Crippen LogP contribution in [0.3, 0.4) is 0 Å². The Bertz CT molecular complexity index is 532. The summed E-state index contributed by atoms with van der Waals surface area (Å²) in [6.07, 6.45) is 0. The molecule has 0 aromatic heterocycles. The zero-order valence-corrected chi connectivity index (χ0v) is 10.1. The van der Waals surface area contributed by atoms with E-state index in [2.05, 4.69) is 0 Å².